The lowest BCUT2D eigenvalue weighted by Gasteiger charge is -2.12. The van der Waals surface area contributed by atoms with E-state index >= 15 is 0 Å². The van der Waals surface area contributed by atoms with Crippen molar-refractivity contribution in [3.05, 3.63) is 60.4 Å². The van der Waals surface area contributed by atoms with Crippen LogP contribution in [0.5, 0.6) is 5.75 Å². The lowest BCUT2D eigenvalue weighted by Crippen LogP contribution is -2.00. The highest BCUT2D eigenvalue weighted by Gasteiger charge is 2.11. The topological polar surface area (TPSA) is 29.5 Å². The van der Waals surface area contributed by atoms with E-state index in [0.29, 0.717) is 6.42 Å². The van der Waals surface area contributed by atoms with Crippen LogP contribution in [0.3, 0.4) is 0 Å². The summed E-state index contributed by atoms with van der Waals surface area (Å²) in [6, 6.07) is 7.27. The fourth-order valence-electron chi connectivity index (χ4n) is 1.42. The van der Waals surface area contributed by atoms with Crippen molar-refractivity contribution in [1.29, 1.82) is 0 Å². The molecule has 0 aromatic heterocycles. The van der Waals surface area contributed by atoms with Crippen molar-refractivity contribution in [3.8, 4) is 5.75 Å². The largest absolute Gasteiger partial charge is 0.497 e. The smallest absolute Gasteiger partial charge is 0.118 e. The van der Waals surface area contributed by atoms with E-state index in [1.165, 1.54) is 0 Å². The van der Waals surface area contributed by atoms with Gasteiger partial charge in [-0.05, 0) is 24.1 Å². The zero-order valence-corrected chi connectivity index (χ0v) is 9.44. The van der Waals surface area contributed by atoms with Gasteiger partial charge in [0.1, 0.15) is 11.9 Å². The summed E-state index contributed by atoms with van der Waals surface area (Å²) in [6.07, 6.45) is 1.62. The molecule has 0 saturated heterocycles. The highest BCUT2D eigenvalue weighted by atomic mass is 16.5. The molecule has 1 rings (SSSR count). The Morgan fingerprint density at radius 1 is 1.50 bits per heavy atom. The zero-order valence-electron chi connectivity index (χ0n) is 9.44. The molecule has 2 nitrogen and oxygen atoms in total. The van der Waals surface area contributed by atoms with E-state index in [0.717, 1.165) is 16.9 Å². The fourth-order valence-corrected chi connectivity index (χ4v) is 1.42. The van der Waals surface area contributed by atoms with Crippen LogP contribution in [0, 0.1) is 0 Å². The van der Waals surface area contributed by atoms with E-state index in [1.807, 2.05) is 24.3 Å². The highest BCUT2D eigenvalue weighted by molar-refractivity contribution is 5.32. The van der Waals surface area contributed by atoms with Gasteiger partial charge in [-0.25, -0.2) is 0 Å². The molecule has 0 radical (unpaired) electrons. The molecule has 1 atom stereocenters. The number of hydrogen-bond donors (Lipinski definition) is 1. The Balaban J connectivity index is 2.90. The van der Waals surface area contributed by atoms with Crippen molar-refractivity contribution in [1.82, 2.24) is 0 Å². The Kier molecular flexibility index (Phi) is 4.59. The van der Waals surface area contributed by atoms with Crippen LogP contribution in [0.1, 0.15) is 18.1 Å². The molecule has 1 aromatic rings. The minimum absolute atomic E-state index is 0.580. The van der Waals surface area contributed by atoms with Crippen LogP contribution >= 0.6 is 0 Å². The van der Waals surface area contributed by atoms with Gasteiger partial charge in [0.25, 0.3) is 0 Å². The lowest BCUT2D eigenvalue weighted by molar-refractivity contribution is 0.213. The molecule has 2 heteroatoms. The summed E-state index contributed by atoms with van der Waals surface area (Å²) in [5.41, 5.74) is 4.27. The number of benzene rings is 1. The van der Waals surface area contributed by atoms with Crippen molar-refractivity contribution in [2.45, 2.75) is 12.5 Å². The Labute approximate surface area is 96.2 Å². The van der Waals surface area contributed by atoms with E-state index in [1.54, 1.807) is 13.2 Å². The number of aliphatic hydroxyl groups is 1. The number of aliphatic hydroxyl groups excluding tert-OH is 1. The molecule has 0 aliphatic rings. The molecule has 0 spiro atoms. The standard InChI is InChI=1S/C14H16O2/c1-4-6-11(5-2)14(15)12-7-9-13(16-3)10-8-12/h4,7-10,14-15H,1-2,6H2,3H3. The van der Waals surface area contributed by atoms with Gasteiger partial charge in [-0.1, -0.05) is 24.8 Å². The quantitative estimate of drug-likeness (QED) is 0.605. The summed E-state index contributed by atoms with van der Waals surface area (Å²) in [5.74, 6) is 0.767. The van der Waals surface area contributed by atoms with Crippen molar-refractivity contribution in [3.63, 3.8) is 0 Å². The summed E-state index contributed by atoms with van der Waals surface area (Å²) < 4.78 is 5.05. The molecule has 0 aliphatic carbocycles. The van der Waals surface area contributed by atoms with Gasteiger partial charge < -0.3 is 9.84 Å². The number of rotatable bonds is 5. The van der Waals surface area contributed by atoms with Gasteiger partial charge in [-0.2, -0.15) is 0 Å². The first kappa shape index (κ1) is 12.3. The summed E-state index contributed by atoms with van der Waals surface area (Å²) in [6.45, 7) is 7.20. The van der Waals surface area contributed by atoms with Crippen molar-refractivity contribution in [2.75, 3.05) is 7.11 Å². The predicted molar refractivity (Wildman–Crippen MR) is 65.4 cm³/mol. The Morgan fingerprint density at radius 3 is 2.56 bits per heavy atom. The maximum Gasteiger partial charge on any atom is 0.118 e. The first-order chi connectivity index (χ1) is 7.72. The minimum Gasteiger partial charge on any atom is -0.497 e. The maximum absolute atomic E-state index is 10.0. The van der Waals surface area contributed by atoms with Crippen LogP contribution in [0.2, 0.25) is 0 Å². The van der Waals surface area contributed by atoms with Gasteiger partial charge in [0, 0.05) is 5.57 Å². The van der Waals surface area contributed by atoms with E-state index < -0.39 is 6.10 Å². The third-order valence-corrected chi connectivity index (χ3v) is 2.35. The van der Waals surface area contributed by atoms with Crippen molar-refractivity contribution < 1.29 is 9.84 Å². The molecule has 16 heavy (non-hydrogen) atoms. The summed E-state index contributed by atoms with van der Waals surface area (Å²) in [7, 11) is 1.61. The molecule has 84 valence electrons. The predicted octanol–water partition coefficient (Wildman–Crippen LogP) is 3.02. The first-order valence-electron chi connectivity index (χ1n) is 5.04. The van der Waals surface area contributed by atoms with Gasteiger partial charge in [0.15, 0.2) is 0 Å². The lowest BCUT2D eigenvalue weighted by atomic mass is 10.00. The van der Waals surface area contributed by atoms with Crippen molar-refractivity contribution >= 4 is 0 Å². The highest BCUT2D eigenvalue weighted by Crippen LogP contribution is 2.25. The molecule has 1 N–H and O–H groups in total. The molecule has 1 aromatic carbocycles. The first-order valence-corrected chi connectivity index (χ1v) is 5.04. The van der Waals surface area contributed by atoms with E-state index in [4.69, 9.17) is 4.74 Å². The average molecular weight is 216 g/mol. The SMILES string of the molecule is C=C=C(CC=C)C(O)c1ccc(OC)cc1. The summed E-state index contributed by atoms with van der Waals surface area (Å²) in [5, 5.41) is 10.0. The van der Waals surface area contributed by atoms with E-state index in [2.05, 4.69) is 18.9 Å². The summed E-state index contributed by atoms with van der Waals surface area (Å²) in [4.78, 5) is 0. The van der Waals surface area contributed by atoms with Crippen LogP contribution in [0.4, 0.5) is 0 Å². The van der Waals surface area contributed by atoms with Gasteiger partial charge >= 0.3 is 0 Å². The monoisotopic (exact) mass is 216 g/mol. The molecule has 0 saturated carbocycles. The molecule has 0 aliphatic heterocycles. The number of methoxy groups -OCH3 is 1. The Bertz CT molecular complexity index is 397. The molecular formula is C14H16O2. The maximum atomic E-state index is 10.0. The minimum atomic E-state index is -0.679. The van der Waals surface area contributed by atoms with E-state index in [-0.39, 0.29) is 0 Å². The van der Waals surface area contributed by atoms with Gasteiger partial charge in [0.2, 0.25) is 0 Å². The Hall–Kier alpha value is -1.76. The molecule has 0 amide bonds. The van der Waals surface area contributed by atoms with Crippen LogP contribution in [0.15, 0.2) is 54.8 Å². The molecule has 0 bridgehead atoms. The van der Waals surface area contributed by atoms with Gasteiger partial charge in [-0.3, -0.25) is 0 Å². The Morgan fingerprint density at radius 2 is 2.12 bits per heavy atom. The molecule has 1 unspecified atom stereocenters. The number of allylic oxidation sites excluding steroid dienone is 1. The second kappa shape index (κ2) is 5.96. The third kappa shape index (κ3) is 2.86. The second-order valence-corrected chi connectivity index (χ2v) is 3.37. The van der Waals surface area contributed by atoms with Gasteiger partial charge in [-0.15, -0.1) is 12.3 Å². The molecule has 0 heterocycles. The zero-order chi connectivity index (χ0) is 12.0. The normalized spacial score (nSPS) is 11.4. The van der Waals surface area contributed by atoms with E-state index in [9.17, 15) is 5.11 Å². The fraction of sp³-hybridized carbons (Fsp3) is 0.214. The molecule has 0 fully saturated rings. The second-order valence-electron chi connectivity index (χ2n) is 3.37. The van der Waals surface area contributed by atoms with Crippen LogP contribution in [0.25, 0.3) is 0 Å². The summed E-state index contributed by atoms with van der Waals surface area (Å²) >= 11 is 0. The molecular weight excluding hydrogens is 200 g/mol. The van der Waals surface area contributed by atoms with Gasteiger partial charge in [0.05, 0.1) is 7.11 Å². The number of ether oxygens (including phenoxy) is 1. The third-order valence-electron chi connectivity index (χ3n) is 2.35. The van der Waals surface area contributed by atoms with Crippen LogP contribution in [-0.4, -0.2) is 12.2 Å². The number of hydrogen-bond acceptors (Lipinski definition) is 2. The van der Waals surface area contributed by atoms with Crippen molar-refractivity contribution in [2.24, 2.45) is 0 Å². The van der Waals surface area contributed by atoms with Crippen LogP contribution in [-0.2, 0) is 0 Å². The average Bonchev–Trinajstić information content (AvgIpc) is 2.35. The van der Waals surface area contributed by atoms with Crippen LogP contribution < -0.4 is 4.74 Å².